The molecule has 0 saturated carbocycles. The summed E-state index contributed by atoms with van der Waals surface area (Å²) in [4.78, 5) is 5.34. The molecule has 0 N–H and O–H groups in total. The largest absolute Gasteiger partial charge is 0.423 e. The highest BCUT2D eigenvalue weighted by atomic mass is 35.5. The van der Waals surface area contributed by atoms with Crippen LogP contribution in [0.15, 0.2) is 48.1 Å². The van der Waals surface area contributed by atoms with Gasteiger partial charge in [-0.2, -0.15) is 4.98 Å². The summed E-state index contributed by atoms with van der Waals surface area (Å²) in [5.74, 6) is 0.665. The highest BCUT2D eigenvalue weighted by Crippen LogP contribution is 2.20. The molecule has 0 spiro atoms. The number of rotatable bonds is 4. The second kappa shape index (κ2) is 5.42. The zero-order chi connectivity index (χ0) is 13.1. The average Bonchev–Trinajstić information content (AvgIpc) is 3.05. The fourth-order valence-electron chi connectivity index (χ4n) is 1.57. The van der Waals surface area contributed by atoms with Crippen LogP contribution in [0, 0.1) is 0 Å². The third-order valence-corrected chi connectivity index (χ3v) is 3.55. The maximum atomic E-state index is 5.81. The summed E-state index contributed by atoms with van der Waals surface area (Å²) in [7, 11) is 0. The van der Waals surface area contributed by atoms with E-state index >= 15 is 0 Å². The molecule has 2 heterocycles. The first-order valence-electron chi connectivity index (χ1n) is 5.65. The van der Waals surface area contributed by atoms with Gasteiger partial charge in [0.2, 0.25) is 0 Å². The van der Waals surface area contributed by atoms with Crippen LogP contribution in [-0.2, 0) is 6.54 Å². The molecule has 19 heavy (non-hydrogen) atoms. The van der Waals surface area contributed by atoms with Gasteiger partial charge in [-0.05, 0) is 35.7 Å². The number of thiophene rings is 1. The van der Waals surface area contributed by atoms with Crippen LogP contribution in [0.4, 0.5) is 0 Å². The van der Waals surface area contributed by atoms with Crippen LogP contribution >= 0.6 is 22.9 Å². The smallest absolute Gasteiger partial charge is 0.340 e. The van der Waals surface area contributed by atoms with Gasteiger partial charge in [-0.1, -0.05) is 17.7 Å². The number of hydrogen-bond acceptors (Lipinski definition) is 4. The molecule has 0 aliphatic heterocycles. The first-order chi connectivity index (χ1) is 9.29. The first-order valence-corrected chi connectivity index (χ1v) is 6.90. The van der Waals surface area contributed by atoms with Gasteiger partial charge >= 0.3 is 6.01 Å². The maximum absolute atomic E-state index is 5.81. The molecule has 2 aromatic heterocycles. The van der Waals surface area contributed by atoms with E-state index in [1.54, 1.807) is 46.6 Å². The topological polar surface area (TPSA) is 39.9 Å². The zero-order valence-corrected chi connectivity index (χ0v) is 11.4. The third-order valence-electron chi connectivity index (χ3n) is 2.44. The van der Waals surface area contributed by atoms with Gasteiger partial charge in [-0.15, -0.1) is 16.4 Å². The number of benzene rings is 1. The number of hydrogen-bond donors (Lipinski definition) is 0. The Morgan fingerprint density at radius 3 is 2.79 bits per heavy atom. The van der Waals surface area contributed by atoms with Gasteiger partial charge < -0.3 is 4.74 Å². The number of nitrogens with zero attached hydrogens (tertiary/aromatic N) is 3. The fraction of sp³-hybridized carbons (Fsp3) is 0.0769. The van der Waals surface area contributed by atoms with E-state index in [0.717, 1.165) is 0 Å². The number of halogens is 1. The second-order valence-electron chi connectivity index (χ2n) is 3.86. The summed E-state index contributed by atoms with van der Waals surface area (Å²) in [6.45, 7) is 0.703. The van der Waals surface area contributed by atoms with Gasteiger partial charge in [0.15, 0.2) is 0 Å². The molecule has 0 amide bonds. The van der Waals surface area contributed by atoms with Crippen LogP contribution < -0.4 is 4.74 Å². The molecule has 1 aromatic carbocycles. The lowest BCUT2D eigenvalue weighted by Crippen LogP contribution is -1.98. The Balaban J connectivity index is 1.69. The Kier molecular flexibility index (Phi) is 3.48. The Morgan fingerprint density at radius 1 is 1.21 bits per heavy atom. The van der Waals surface area contributed by atoms with Crippen molar-refractivity contribution in [1.82, 2.24) is 14.8 Å². The van der Waals surface area contributed by atoms with Crippen molar-refractivity contribution in [2.75, 3.05) is 0 Å². The van der Waals surface area contributed by atoms with Gasteiger partial charge in [-0.3, -0.25) is 0 Å². The fourth-order valence-corrected chi connectivity index (χ4v) is 2.39. The average molecular weight is 292 g/mol. The van der Waals surface area contributed by atoms with Crippen molar-refractivity contribution in [3.05, 3.63) is 58.0 Å². The van der Waals surface area contributed by atoms with Crippen molar-refractivity contribution in [3.8, 4) is 11.8 Å². The predicted molar refractivity (Wildman–Crippen MR) is 75.0 cm³/mol. The summed E-state index contributed by atoms with van der Waals surface area (Å²) in [5, 5.41) is 6.97. The molecule has 0 aliphatic carbocycles. The van der Waals surface area contributed by atoms with Gasteiger partial charge in [-0.25, -0.2) is 4.68 Å². The van der Waals surface area contributed by atoms with Crippen molar-refractivity contribution in [2.24, 2.45) is 0 Å². The lowest BCUT2D eigenvalue weighted by atomic mass is 10.3. The van der Waals surface area contributed by atoms with E-state index in [1.165, 1.54) is 4.88 Å². The Morgan fingerprint density at radius 2 is 2.05 bits per heavy atom. The summed E-state index contributed by atoms with van der Waals surface area (Å²) in [6, 6.07) is 11.5. The van der Waals surface area contributed by atoms with E-state index in [0.29, 0.717) is 23.3 Å². The Hall–Kier alpha value is -1.85. The van der Waals surface area contributed by atoms with Crippen molar-refractivity contribution in [2.45, 2.75) is 6.54 Å². The molecular formula is C13H10ClN3OS. The molecule has 6 heteroatoms. The van der Waals surface area contributed by atoms with Crippen LogP contribution in [0.25, 0.3) is 0 Å². The number of aromatic nitrogens is 3. The van der Waals surface area contributed by atoms with Crippen molar-refractivity contribution < 1.29 is 4.74 Å². The van der Waals surface area contributed by atoms with Gasteiger partial charge in [0, 0.05) is 9.90 Å². The molecule has 0 atom stereocenters. The van der Waals surface area contributed by atoms with E-state index in [9.17, 15) is 0 Å². The third kappa shape index (κ3) is 3.13. The van der Waals surface area contributed by atoms with Crippen molar-refractivity contribution in [1.29, 1.82) is 0 Å². The second-order valence-corrected chi connectivity index (χ2v) is 5.33. The minimum atomic E-state index is 0.332. The van der Waals surface area contributed by atoms with E-state index < -0.39 is 0 Å². The van der Waals surface area contributed by atoms with Crippen LogP contribution in [0.2, 0.25) is 5.02 Å². The molecule has 96 valence electrons. The number of ether oxygens (including phenoxy) is 1. The van der Waals surface area contributed by atoms with E-state index in [2.05, 4.69) is 16.1 Å². The molecule has 3 aromatic rings. The van der Waals surface area contributed by atoms with E-state index in [-0.39, 0.29) is 0 Å². The van der Waals surface area contributed by atoms with Gasteiger partial charge in [0.25, 0.3) is 0 Å². The molecule has 0 aliphatic rings. The van der Waals surface area contributed by atoms with Crippen LogP contribution in [-0.4, -0.2) is 14.8 Å². The minimum Gasteiger partial charge on any atom is -0.423 e. The molecule has 0 bridgehead atoms. The zero-order valence-electron chi connectivity index (χ0n) is 9.86. The maximum Gasteiger partial charge on any atom is 0.340 e. The van der Waals surface area contributed by atoms with E-state index in [1.807, 2.05) is 11.4 Å². The molecule has 3 rings (SSSR count). The Bertz CT molecular complexity index is 649. The molecule has 0 saturated heterocycles. The summed E-state index contributed by atoms with van der Waals surface area (Å²) in [5.41, 5.74) is 0. The normalized spacial score (nSPS) is 10.6. The van der Waals surface area contributed by atoms with Crippen LogP contribution in [0.5, 0.6) is 11.8 Å². The highest BCUT2D eigenvalue weighted by Gasteiger charge is 2.04. The standard InChI is InChI=1S/C13H10ClN3OS/c14-10-3-5-11(6-4-10)18-13-15-9-17(16-13)8-12-2-1-7-19-12/h1-7,9H,8H2. The molecule has 0 radical (unpaired) electrons. The minimum absolute atomic E-state index is 0.332. The summed E-state index contributed by atoms with van der Waals surface area (Å²) < 4.78 is 7.28. The van der Waals surface area contributed by atoms with Crippen molar-refractivity contribution in [3.63, 3.8) is 0 Å². The van der Waals surface area contributed by atoms with Gasteiger partial charge in [0.1, 0.15) is 12.1 Å². The quantitative estimate of drug-likeness (QED) is 0.733. The lowest BCUT2D eigenvalue weighted by molar-refractivity contribution is 0.437. The molecule has 0 fully saturated rings. The van der Waals surface area contributed by atoms with Gasteiger partial charge in [0.05, 0.1) is 6.54 Å². The SMILES string of the molecule is Clc1ccc(Oc2ncn(Cc3cccs3)n2)cc1. The predicted octanol–water partition coefficient (Wildman–Crippen LogP) is 3.83. The van der Waals surface area contributed by atoms with Crippen LogP contribution in [0.3, 0.4) is 0 Å². The molecule has 0 unspecified atom stereocenters. The monoisotopic (exact) mass is 291 g/mol. The van der Waals surface area contributed by atoms with Crippen LogP contribution in [0.1, 0.15) is 4.88 Å². The molecule has 4 nitrogen and oxygen atoms in total. The summed E-state index contributed by atoms with van der Waals surface area (Å²) in [6.07, 6.45) is 1.66. The summed E-state index contributed by atoms with van der Waals surface area (Å²) >= 11 is 7.50. The van der Waals surface area contributed by atoms with Crippen molar-refractivity contribution >= 4 is 22.9 Å². The lowest BCUT2D eigenvalue weighted by Gasteiger charge is -2.00. The first kappa shape index (κ1) is 12.2. The highest BCUT2D eigenvalue weighted by molar-refractivity contribution is 7.09. The Labute approximate surface area is 119 Å². The van der Waals surface area contributed by atoms with E-state index in [4.69, 9.17) is 16.3 Å². The molecular weight excluding hydrogens is 282 g/mol.